The van der Waals surface area contributed by atoms with Gasteiger partial charge in [0, 0.05) is 32.4 Å². The molecule has 0 radical (unpaired) electrons. The van der Waals surface area contributed by atoms with Crippen LogP contribution in [0.4, 0.5) is 19.0 Å². The number of alkyl halides is 3. The SMILES string of the molecule is C=CC(=O)N1CCN(c2ncc(C(F)(F)F)cc2OC)CC1. The van der Waals surface area contributed by atoms with E-state index in [0.717, 1.165) is 12.3 Å². The fourth-order valence-corrected chi connectivity index (χ4v) is 2.25. The van der Waals surface area contributed by atoms with Gasteiger partial charge >= 0.3 is 6.18 Å². The Hall–Kier alpha value is -2.25. The molecule has 2 heterocycles. The van der Waals surface area contributed by atoms with E-state index < -0.39 is 11.7 Å². The summed E-state index contributed by atoms with van der Waals surface area (Å²) in [6.45, 7) is 5.27. The van der Waals surface area contributed by atoms with Gasteiger partial charge in [-0.25, -0.2) is 4.98 Å². The van der Waals surface area contributed by atoms with Gasteiger partial charge in [0.1, 0.15) is 0 Å². The first kappa shape index (κ1) is 16.1. The summed E-state index contributed by atoms with van der Waals surface area (Å²) in [5.74, 6) is 0.256. The Morgan fingerprint density at radius 1 is 1.36 bits per heavy atom. The summed E-state index contributed by atoms with van der Waals surface area (Å²) in [6, 6.07) is 0.934. The maximum absolute atomic E-state index is 12.7. The first-order valence-electron chi connectivity index (χ1n) is 6.64. The van der Waals surface area contributed by atoms with Gasteiger partial charge in [0.15, 0.2) is 11.6 Å². The highest BCUT2D eigenvalue weighted by Gasteiger charge is 2.33. The Morgan fingerprint density at radius 2 is 2.00 bits per heavy atom. The first-order valence-corrected chi connectivity index (χ1v) is 6.64. The fraction of sp³-hybridized carbons (Fsp3) is 0.429. The van der Waals surface area contributed by atoms with Crippen LogP contribution in [0.15, 0.2) is 24.9 Å². The molecule has 0 saturated carbocycles. The maximum atomic E-state index is 12.7. The largest absolute Gasteiger partial charge is 0.493 e. The number of hydrogen-bond donors (Lipinski definition) is 0. The average molecular weight is 315 g/mol. The molecule has 0 aliphatic carbocycles. The third-order valence-corrected chi connectivity index (χ3v) is 3.45. The van der Waals surface area contributed by atoms with Gasteiger partial charge in [-0.05, 0) is 12.1 Å². The zero-order valence-corrected chi connectivity index (χ0v) is 12.1. The van der Waals surface area contributed by atoms with Gasteiger partial charge in [0.25, 0.3) is 0 Å². The van der Waals surface area contributed by atoms with Crippen molar-refractivity contribution in [3.63, 3.8) is 0 Å². The minimum Gasteiger partial charge on any atom is -0.493 e. The molecule has 0 N–H and O–H groups in total. The zero-order valence-electron chi connectivity index (χ0n) is 12.1. The molecule has 8 heteroatoms. The number of piperazine rings is 1. The second-order valence-corrected chi connectivity index (χ2v) is 4.76. The van der Waals surface area contributed by atoms with Gasteiger partial charge in [-0.1, -0.05) is 6.58 Å². The minimum atomic E-state index is -4.46. The number of methoxy groups -OCH3 is 1. The van der Waals surface area contributed by atoms with Crippen LogP contribution in [-0.2, 0) is 11.0 Å². The van der Waals surface area contributed by atoms with Crippen LogP contribution in [0.3, 0.4) is 0 Å². The zero-order chi connectivity index (χ0) is 16.3. The third kappa shape index (κ3) is 3.32. The number of rotatable bonds is 3. The van der Waals surface area contributed by atoms with Crippen LogP contribution < -0.4 is 9.64 Å². The lowest BCUT2D eigenvalue weighted by Crippen LogP contribution is -2.48. The third-order valence-electron chi connectivity index (χ3n) is 3.45. The number of pyridine rings is 1. The fourth-order valence-electron chi connectivity index (χ4n) is 2.25. The Kier molecular flexibility index (Phi) is 4.58. The van der Waals surface area contributed by atoms with E-state index in [2.05, 4.69) is 11.6 Å². The number of nitrogens with zero attached hydrogens (tertiary/aromatic N) is 3. The van der Waals surface area contributed by atoms with Crippen molar-refractivity contribution in [2.45, 2.75) is 6.18 Å². The molecule has 1 saturated heterocycles. The molecule has 0 atom stereocenters. The molecule has 1 fully saturated rings. The van der Waals surface area contributed by atoms with Crippen LogP contribution in [0.1, 0.15) is 5.56 Å². The normalized spacial score (nSPS) is 15.6. The average Bonchev–Trinajstić information content (AvgIpc) is 2.52. The molecule has 1 aromatic heterocycles. The molecule has 0 bridgehead atoms. The van der Waals surface area contributed by atoms with Crippen LogP contribution in [0.5, 0.6) is 5.75 Å². The van der Waals surface area contributed by atoms with Gasteiger partial charge in [0.2, 0.25) is 5.91 Å². The Balaban J connectivity index is 2.17. The van der Waals surface area contributed by atoms with E-state index in [-0.39, 0.29) is 11.7 Å². The van der Waals surface area contributed by atoms with Gasteiger partial charge in [-0.2, -0.15) is 13.2 Å². The molecule has 22 heavy (non-hydrogen) atoms. The Morgan fingerprint density at radius 3 is 2.50 bits per heavy atom. The molecular weight excluding hydrogens is 299 g/mol. The van der Waals surface area contributed by atoms with E-state index in [9.17, 15) is 18.0 Å². The molecule has 1 aromatic rings. The predicted molar refractivity (Wildman–Crippen MR) is 74.8 cm³/mol. The second kappa shape index (κ2) is 6.25. The molecule has 1 aliphatic rings. The second-order valence-electron chi connectivity index (χ2n) is 4.76. The standard InChI is InChI=1S/C14H16F3N3O2/c1-3-12(21)19-4-6-20(7-5-19)13-11(22-2)8-10(9-18-13)14(15,16)17/h3,8-9H,1,4-7H2,2H3. The Labute approximate surface area is 126 Å². The lowest BCUT2D eigenvalue weighted by Gasteiger charge is -2.35. The number of ether oxygens (including phenoxy) is 1. The molecule has 120 valence electrons. The van der Waals surface area contributed by atoms with E-state index in [1.165, 1.54) is 13.2 Å². The maximum Gasteiger partial charge on any atom is 0.418 e. The highest BCUT2D eigenvalue weighted by Crippen LogP contribution is 2.35. The van der Waals surface area contributed by atoms with Crippen molar-refractivity contribution < 1.29 is 22.7 Å². The van der Waals surface area contributed by atoms with Gasteiger partial charge in [-0.3, -0.25) is 4.79 Å². The highest BCUT2D eigenvalue weighted by molar-refractivity contribution is 5.87. The van der Waals surface area contributed by atoms with Gasteiger partial charge in [0.05, 0.1) is 12.7 Å². The smallest absolute Gasteiger partial charge is 0.418 e. The van der Waals surface area contributed by atoms with Crippen molar-refractivity contribution in [1.82, 2.24) is 9.88 Å². The quantitative estimate of drug-likeness (QED) is 0.800. The summed E-state index contributed by atoms with van der Waals surface area (Å²) < 4.78 is 43.1. The van der Waals surface area contributed by atoms with E-state index in [1.54, 1.807) is 9.80 Å². The van der Waals surface area contributed by atoms with Crippen LogP contribution in [0, 0.1) is 0 Å². The topological polar surface area (TPSA) is 45.7 Å². The highest BCUT2D eigenvalue weighted by atomic mass is 19.4. The first-order chi connectivity index (χ1) is 10.4. The van der Waals surface area contributed by atoms with Gasteiger partial charge in [-0.15, -0.1) is 0 Å². The predicted octanol–water partition coefficient (Wildman–Crippen LogP) is 1.94. The lowest BCUT2D eigenvalue weighted by atomic mass is 10.2. The molecule has 0 aromatic carbocycles. The van der Waals surface area contributed by atoms with E-state index in [1.807, 2.05) is 0 Å². The van der Waals surface area contributed by atoms with Crippen LogP contribution in [0.2, 0.25) is 0 Å². The number of carbonyl (C=O) groups is 1. The summed E-state index contributed by atoms with van der Waals surface area (Å²) >= 11 is 0. The summed E-state index contributed by atoms with van der Waals surface area (Å²) in [6.07, 6.45) is -2.43. The number of carbonyl (C=O) groups excluding carboxylic acids is 1. The minimum absolute atomic E-state index is 0.0679. The molecular formula is C14H16F3N3O2. The van der Waals surface area contributed by atoms with Crippen LogP contribution >= 0.6 is 0 Å². The summed E-state index contributed by atoms with van der Waals surface area (Å²) in [7, 11) is 1.30. The van der Waals surface area contributed by atoms with Crippen molar-refractivity contribution in [2.75, 3.05) is 38.2 Å². The van der Waals surface area contributed by atoms with E-state index in [4.69, 9.17) is 4.74 Å². The monoisotopic (exact) mass is 315 g/mol. The number of anilines is 1. The number of aromatic nitrogens is 1. The van der Waals surface area contributed by atoms with Crippen molar-refractivity contribution in [1.29, 1.82) is 0 Å². The molecule has 1 amide bonds. The van der Waals surface area contributed by atoms with Crippen molar-refractivity contribution in [2.24, 2.45) is 0 Å². The molecule has 0 unspecified atom stereocenters. The lowest BCUT2D eigenvalue weighted by molar-refractivity contribution is -0.138. The summed E-state index contributed by atoms with van der Waals surface area (Å²) in [4.78, 5) is 18.8. The van der Waals surface area contributed by atoms with E-state index >= 15 is 0 Å². The van der Waals surface area contributed by atoms with Crippen molar-refractivity contribution in [3.05, 3.63) is 30.5 Å². The molecule has 5 nitrogen and oxygen atoms in total. The number of hydrogen-bond acceptors (Lipinski definition) is 4. The van der Waals surface area contributed by atoms with E-state index in [0.29, 0.717) is 32.0 Å². The molecule has 0 spiro atoms. The molecule has 1 aliphatic heterocycles. The van der Waals surface area contributed by atoms with Crippen molar-refractivity contribution >= 4 is 11.7 Å². The number of halogens is 3. The molecule has 2 rings (SSSR count). The van der Waals surface area contributed by atoms with Crippen LogP contribution in [0.25, 0.3) is 0 Å². The number of amides is 1. The summed E-state index contributed by atoms with van der Waals surface area (Å²) in [5.41, 5.74) is -0.853. The summed E-state index contributed by atoms with van der Waals surface area (Å²) in [5, 5.41) is 0. The van der Waals surface area contributed by atoms with Crippen molar-refractivity contribution in [3.8, 4) is 5.75 Å². The van der Waals surface area contributed by atoms with Gasteiger partial charge < -0.3 is 14.5 Å². The Bertz CT molecular complexity index is 567. The van der Waals surface area contributed by atoms with Crippen LogP contribution in [-0.4, -0.2) is 49.1 Å².